The van der Waals surface area contributed by atoms with Crippen molar-refractivity contribution in [3.63, 3.8) is 0 Å². The SMILES string of the molecule is CCOC(=O)[C@]1(CSc2ccccc2)C(=O)c2ccccc2C(=O)[C@H]1c1ccc(Br)cc1. The summed E-state index contributed by atoms with van der Waals surface area (Å²) in [5.74, 6) is -2.17. The van der Waals surface area contributed by atoms with E-state index in [-0.39, 0.29) is 29.5 Å². The van der Waals surface area contributed by atoms with Crippen LogP contribution in [0.2, 0.25) is 0 Å². The maximum Gasteiger partial charge on any atom is 0.321 e. The van der Waals surface area contributed by atoms with Crippen LogP contribution in [0.25, 0.3) is 0 Å². The van der Waals surface area contributed by atoms with Crippen molar-refractivity contribution in [2.75, 3.05) is 12.4 Å². The van der Waals surface area contributed by atoms with E-state index in [2.05, 4.69) is 15.9 Å². The molecule has 1 aliphatic rings. The van der Waals surface area contributed by atoms with E-state index in [9.17, 15) is 14.4 Å². The Balaban J connectivity index is 1.92. The molecular weight excluding hydrogens is 488 g/mol. The van der Waals surface area contributed by atoms with Gasteiger partial charge >= 0.3 is 5.97 Å². The number of Topliss-reactive ketones (excluding diaryl/α,β-unsaturated/α-hetero) is 2. The van der Waals surface area contributed by atoms with Gasteiger partial charge < -0.3 is 4.74 Å². The number of hydrogen-bond acceptors (Lipinski definition) is 5. The Morgan fingerprint density at radius 2 is 1.56 bits per heavy atom. The topological polar surface area (TPSA) is 60.4 Å². The summed E-state index contributed by atoms with van der Waals surface area (Å²) in [6.07, 6.45) is 0. The lowest BCUT2D eigenvalue weighted by Crippen LogP contribution is -2.53. The highest BCUT2D eigenvalue weighted by Gasteiger charge is 2.60. The lowest BCUT2D eigenvalue weighted by Gasteiger charge is -2.40. The van der Waals surface area contributed by atoms with Gasteiger partial charge in [-0.15, -0.1) is 11.8 Å². The first-order valence-corrected chi connectivity index (χ1v) is 12.1. The second-order valence-electron chi connectivity index (χ2n) is 7.52. The van der Waals surface area contributed by atoms with Crippen molar-refractivity contribution in [1.82, 2.24) is 0 Å². The number of rotatable bonds is 6. The summed E-state index contributed by atoms with van der Waals surface area (Å²) in [5, 5.41) is 0. The number of fused-ring (bicyclic) bond motifs is 1. The molecule has 0 amide bonds. The highest BCUT2D eigenvalue weighted by Crippen LogP contribution is 2.49. The summed E-state index contributed by atoms with van der Waals surface area (Å²) in [5.41, 5.74) is -0.444. The van der Waals surface area contributed by atoms with Gasteiger partial charge in [-0.3, -0.25) is 14.4 Å². The number of ether oxygens (including phenoxy) is 1. The van der Waals surface area contributed by atoms with Gasteiger partial charge in [-0.25, -0.2) is 0 Å². The molecule has 2 atom stereocenters. The fraction of sp³-hybridized carbons (Fsp3) is 0.192. The molecule has 4 nitrogen and oxygen atoms in total. The van der Waals surface area contributed by atoms with Crippen LogP contribution in [0.15, 0.2) is 88.2 Å². The molecular formula is C26H21BrO4S. The molecule has 6 heteroatoms. The van der Waals surface area contributed by atoms with Crippen molar-refractivity contribution >= 4 is 45.2 Å². The second-order valence-corrected chi connectivity index (χ2v) is 9.48. The number of carbonyl (C=O) groups excluding carboxylic acids is 3. The standard InChI is InChI=1S/C26H21BrO4S/c1-2-31-25(30)26(16-32-19-8-4-3-5-9-19)22(17-12-14-18(27)15-13-17)23(28)20-10-6-7-11-21(20)24(26)29/h3-15,22H,2,16H2,1H3/t22-,26+/m1/s1. The fourth-order valence-electron chi connectivity index (χ4n) is 4.13. The Morgan fingerprint density at radius 3 is 2.22 bits per heavy atom. The van der Waals surface area contributed by atoms with Crippen LogP contribution in [-0.4, -0.2) is 29.9 Å². The Hall–Kier alpha value is -2.70. The first-order valence-electron chi connectivity index (χ1n) is 10.3. The molecule has 0 N–H and O–H groups in total. The van der Waals surface area contributed by atoms with Crippen molar-refractivity contribution in [3.8, 4) is 0 Å². The van der Waals surface area contributed by atoms with E-state index in [1.54, 1.807) is 43.3 Å². The molecule has 1 aliphatic carbocycles. The first kappa shape index (κ1) is 22.5. The van der Waals surface area contributed by atoms with Gasteiger partial charge in [-0.2, -0.15) is 0 Å². The van der Waals surface area contributed by atoms with Gasteiger partial charge in [-0.05, 0) is 36.8 Å². The van der Waals surface area contributed by atoms with Gasteiger partial charge in [0.1, 0.15) is 0 Å². The summed E-state index contributed by atoms with van der Waals surface area (Å²) in [4.78, 5) is 42.2. The minimum atomic E-state index is -1.67. The van der Waals surface area contributed by atoms with E-state index >= 15 is 0 Å². The van der Waals surface area contributed by atoms with Crippen LogP contribution in [0, 0.1) is 5.41 Å². The lowest BCUT2D eigenvalue weighted by molar-refractivity contribution is -0.151. The Bertz CT molecular complexity index is 1160. The Kier molecular flexibility index (Phi) is 6.63. The van der Waals surface area contributed by atoms with Crippen LogP contribution in [0.4, 0.5) is 0 Å². The summed E-state index contributed by atoms with van der Waals surface area (Å²) >= 11 is 4.80. The minimum Gasteiger partial charge on any atom is -0.465 e. The number of ketones is 2. The summed E-state index contributed by atoms with van der Waals surface area (Å²) < 4.78 is 6.29. The van der Waals surface area contributed by atoms with Gasteiger partial charge in [0.15, 0.2) is 17.0 Å². The predicted octanol–water partition coefficient (Wildman–Crippen LogP) is 5.95. The third-order valence-electron chi connectivity index (χ3n) is 5.65. The zero-order valence-corrected chi connectivity index (χ0v) is 19.8. The van der Waals surface area contributed by atoms with Gasteiger partial charge in [0, 0.05) is 26.2 Å². The number of halogens is 1. The van der Waals surface area contributed by atoms with Gasteiger partial charge in [0.2, 0.25) is 0 Å². The molecule has 32 heavy (non-hydrogen) atoms. The third kappa shape index (κ3) is 3.93. The minimum absolute atomic E-state index is 0.0927. The molecule has 4 rings (SSSR count). The van der Waals surface area contributed by atoms with Crippen LogP contribution in [0.5, 0.6) is 0 Å². The summed E-state index contributed by atoms with van der Waals surface area (Å²) in [6.45, 7) is 1.82. The van der Waals surface area contributed by atoms with Gasteiger partial charge in [-0.1, -0.05) is 70.5 Å². The van der Waals surface area contributed by atoms with E-state index in [0.29, 0.717) is 11.1 Å². The van der Waals surface area contributed by atoms with Crippen molar-refractivity contribution < 1.29 is 19.1 Å². The zero-order valence-electron chi connectivity index (χ0n) is 17.4. The highest BCUT2D eigenvalue weighted by atomic mass is 79.9. The van der Waals surface area contributed by atoms with E-state index < -0.39 is 17.3 Å². The molecule has 0 radical (unpaired) electrons. The predicted molar refractivity (Wildman–Crippen MR) is 128 cm³/mol. The van der Waals surface area contributed by atoms with Crippen LogP contribution >= 0.6 is 27.7 Å². The molecule has 0 bridgehead atoms. The monoisotopic (exact) mass is 508 g/mol. The van der Waals surface area contributed by atoms with Crippen molar-refractivity contribution in [1.29, 1.82) is 0 Å². The molecule has 0 saturated heterocycles. The molecule has 3 aromatic rings. The number of esters is 1. The molecule has 0 heterocycles. The normalized spacial score (nSPS) is 20.0. The molecule has 0 unspecified atom stereocenters. The molecule has 0 saturated carbocycles. The average Bonchev–Trinajstić information content (AvgIpc) is 2.82. The van der Waals surface area contributed by atoms with Crippen LogP contribution in [0.3, 0.4) is 0 Å². The summed E-state index contributed by atoms with van der Waals surface area (Å²) in [6, 6.07) is 23.5. The van der Waals surface area contributed by atoms with Crippen molar-refractivity contribution in [2.24, 2.45) is 5.41 Å². The average molecular weight is 509 g/mol. The van der Waals surface area contributed by atoms with Crippen LogP contribution in [-0.2, 0) is 9.53 Å². The maximum atomic E-state index is 14.0. The number of hydrogen-bond donors (Lipinski definition) is 0. The zero-order chi connectivity index (χ0) is 22.7. The number of carbonyl (C=O) groups is 3. The fourth-order valence-corrected chi connectivity index (χ4v) is 5.55. The quantitative estimate of drug-likeness (QED) is 0.233. The smallest absolute Gasteiger partial charge is 0.321 e. The second kappa shape index (κ2) is 9.43. The molecule has 0 spiro atoms. The van der Waals surface area contributed by atoms with Crippen LogP contribution in [0.1, 0.15) is 39.1 Å². The number of benzene rings is 3. The van der Waals surface area contributed by atoms with Gasteiger partial charge in [0.05, 0.1) is 12.5 Å². The third-order valence-corrected chi connectivity index (χ3v) is 7.38. The molecule has 3 aromatic carbocycles. The lowest BCUT2D eigenvalue weighted by atomic mass is 9.61. The molecule has 0 aromatic heterocycles. The number of thioether (sulfide) groups is 1. The van der Waals surface area contributed by atoms with E-state index in [1.165, 1.54) is 11.8 Å². The largest absolute Gasteiger partial charge is 0.465 e. The molecule has 0 fully saturated rings. The van der Waals surface area contributed by atoms with E-state index in [4.69, 9.17) is 4.74 Å². The van der Waals surface area contributed by atoms with Crippen molar-refractivity contribution in [2.45, 2.75) is 17.7 Å². The highest BCUT2D eigenvalue weighted by molar-refractivity contribution is 9.10. The summed E-state index contributed by atoms with van der Waals surface area (Å²) in [7, 11) is 0. The van der Waals surface area contributed by atoms with Gasteiger partial charge in [0.25, 0.3) is 0 Å². The Labute approximate surface area is 199 Å². The maximum absolute atomic E-state index is 14.0. The van der Waals surface area contributed by atoms with Crippen molar-refractivity contribution in [3.05, 3.63) is 100 Å². The van der Waals surface area contributed by atoms with Crippen LogP contribution < -0.4 is 0 Å². The van der Waals surface area contributed by atoms with E-state index in [1.807, 2.05) is 42.5 Å². The molecule has 0 aliphatic heterocycles. The Morgan fingerprint density at radius 1 is 0.938 bits per heavy atom. The first-order chi connectivity index (χ1) is 15.5. The van der Waals surface area contributed by atoms with E-state index in [0.717, 1.165) is 9.37 Å². The molecule has 162 valence electrons.